The second-order valence-corrected chi connectivity index (χ2v) is 6.82. The van der Waals surface area contributed by atoms with E-state index in [0.717, 1.165) is 34.6 Å². The van der Waals surface area contributed by atoms with Gasteiger partial charge in [-0.2, -0.15) is 5.10 Å². The van der Waals surface area contributed by atoms with Crippen LogP contribution in [0.25, 0.3) is 0 Å². The van der Waals surface area contributed by atoms with E-state index in [1.54, 1.807) is 0 Å². The van der Waals surface area contributed by atoms with E-state index < -0.39 is 0 Å². The first-order valence-corrected chi connectivity index (χ1v) is 9.18. The van der Waals surface area contributed by atoms with Gasteiger partial charge in [-0.25, -0.2) is 0 Å². The Kier molecular flexibility index (Phi) is 6.04. The molecule has 0 aliphatic rings. The number of hydrogen-bond donors (Lipinski definition) is 2. The number of nitrogens with one attached hydrogen (secondary N) is 1. The Morgan fingerprint density at radius 2 is 1.81 bits per heavy atom. The molecule has 0 aliphatic heterocycles. The molecule has 1 heterocycles. The Balaban J connectivity index is 1.64. The molecule has 0 fully saturated rings. The average Bonchev–Trinajstić information content (AvgIpc) is 2.99. The summed E-state index contributed by atoms with van der Waals surface area (Å²) in [5.41, 5.74) is 11.1. The van der Waals surface area contributed by atoms with E-state index in [1.807, 2.05) is 54.1 Å². The third kappa shape index (κ3) is 4.83. The fourth-order valence-corrected chi connectivity index (χ4v) is 3.24. The number of amides is 1. The zero-order chi connectivity index (χ0) is 19.2. The van der Waals surface area contributed by atoms with Crippen molar-refractivity contribution >= 4 is 5.91 Å². The van der Waals surface area contributed by atoms with Crippen LogP contribution in [0.1, 0.15) is 34.0 Å². The van der Waals surface area contributed by atoms with E-state index in [4.69, 9.17) is 5.73 Å². The molecule has 3 aromatic rings. The summed E-state index contributed by atoms with van der Waals surface area (Å²) in [6.07, 6.45) is 0. The highest BCUT2D eigenvalue weighted by Crippen LogP contribution is 2.15. The largest absolute Gasteiger partial charge is 0.351 e. The van der Waals surface area contributed by atoms with Crippen LogP contribution in [0, 0.1) is 13.8 Å². The minimum absolute atomic E-state index is 0.0485. The first kappa shape index (κ1) is 18.9. The van der Waals surface area contributed by atoms with E-state index in [-0.39, 0.29) is 18.4 Å². The predicted octanol–water partition coefficient (Wildman–Crippen LogP) is 2.91. The normalized spacial score (nSPS) is 12.0. The summed E-state index contributed by atoms with van der Waals surface area (Å²) in [6, 6.07) is 19.9. The molecule has 5 heteroatoms. The van der Waals surface area contributed by atoms with Crippen molar-refractivity contribution in [2.24, 2.45) is 5.73 Å². The highest BCUT2D eigenvalue weighted by Gasteiger charge is 2.18. The number of rotatable bonds is 7. The summed E-state index contributed by atoms with van der Waals surface area (Å²) in [4.78, 5) is 12.6. The molecule has 0 unspecified atom stereocenters. The number of nitrogens with zero attached hydrogens (tertiary/aromatic N) is 2. The van der Waals surface area contributed by atoms with Gasteiger partial charge in [0.05, 0.1) is 18.2 Å². The van der Waals surface area contributed by atoms with Crippen LogP contribution < -0.4 is 11.1 Å². The Hall–Kier alpha value is -2.92. The molecule has 0 bridgehead atoms. The lowest BCUT2D eigenvalue weighted by atomic mass is 9.98. The van der Waals surface area contributed by atoms with Crippen molar-refractivity contribution < 1.29 is 4.79 Å². The molecule has 0 spiro atoms. The standard InChI is InChI=1S/C22H26N4O/c1-16-11-17(2)26(25-16)15-19-8-6-7-18(12-19)14-24-22(27)21(13-23)20-9-4-3-5-10-20/h3-12,21H,13-15,23H2,1-2H3,(H,24,27)/t21-/m1/s1. The SMILES string of the molecule is Cc1cc(C)n(Cc2cccc(CNC(=O)[C@H](CN)c3ccccc3)c2)n1. The number of nitrogens with two attached hydrogens (primary N) is 1. The fourth-order valence-electron chi connectivity index (χ4n) is 3.24. The number of aromatic nitrogens is 2. The number of benzene rings is 2. The molecular weight excluding hydrogens is 336 g/mol. The number of carbonyl (C=O) groups excluding carboxylic acids is 1. The smallest absolute Gasteiger partial charge is 0.229 e. The molecule has 0 aliphatic carbocycles. The minimum atomic E-state index is -0.330. The molecule has 1 atom stereocenters. The van der Waals surface area contributed by atoms with Crippen molar-refractivity contribution in [2.45, 2.75) is 32.9 Å². The molecule has 1 amide bonds. The quantitative estimate of drug-likeness (QED) is 0.679. The van der Waals surface area contributed by atoms with Crippen LogP contribution >= 0.6 is 0 Å². The molecule has 3 N–H and O–H groups in total. The topological polar surface area (TPSA) is 72.9 Å². The van der Waals surface area contributed by atoms with E-state index in [2.05, 4.69) is 35.5 Å². The molecule has 0 saturated carbocycles. The Labute approximate surface area is 160 Å². The molecule has 0 saturated heterocycles. The van der Waals surface area contributed by atoms with E-state index in [0.29, 0.717) is 6.54 Å². The summed E-state index contributed by atoms with van der Waals surface area (Å²) in [6.45, 7) is 5.54. The molecule has 140 valence electrons. The third-order valence-corrected chi connectivity index (χ3v) is 4.65. The lowest BCUT2D eigenvalue weighted by Crippen LogP contribution is -2.33. The van der Waals surface area contributed by atoms with Crippen LogP contribution in [0.4, 0.5) is 0 Å². The maximum Gasteiger partial charge on any atom is 0.229 e. The van der Waals surface area contributed by atoms with Crippen molar-refractivity contribution in [3.8, 4) is 0 Å². The van der Waals surface area contributed by atoms with Gasteiger partial charge in [0.2, 0.25) is 5.91 Å². The summed E-state index contributed by atoms with van der Waals surface area (Å²) in [7, 11) is 0. The molecule has 27 heavy (non-hydrogen) atoms. The van der Waals surface area contributed by atoms with Crippen LogP contribution in [-0.2, 0) is 17.9 Å². The Bertz CT molecular complexity index is 902. The first-order valence-electron chi connectivity index (χ1n) is 9.18. The average molecular weight is 362 g/mol. The summed E-state index contributed by atoms with van der Waals surface area (Å²) in [5, 5.41) is 7.52. The zero-order valence-corrected chi connectivity index (χ0v) is 15.9. The molecule has 5 nitrogen and oxygen atoms in total. The van der Waals surface area contributed by atoms with Crippen molar-refractivity contribution in [2.75, 3.05) is 6.54 Å². The second-order valence-electron chi connectivity index (χ2n) is 6.82. The van der Waals surface area contributed by atoms with Crippen molar-refractivity contribution in [3.05, 3.63) is 88.7 Å². The minimum Gasteiger partial charge on any atom is -0.351 e. The van der Waals surface area contributed by atoms with Gasteiger partial charge in [-0.05, 0) is 36.6 Å². The predicted molar refractivity (Wildman–Crippen MR) is 107 cm³/mol. The van der Waals surface area contributed by atoms with Gasteiger partial charge in [0.15, 0.2) is 0 Å². The highest BCUT2D eigenvalue weighted by atomic mass is 16.1. The molecule has 3 rings (SSSR count). The van der Waals surface area contributed by atoms with Gasteiger partial charge in [-0.1, -0.05) is 54.6 Å². The van der Waals surface area contributed by atoms with Gasteiger partial charge < -0.3 is 11.1 Å². The van der Waals surface area contributed by atoms with E-state index in [9.17, 15) is 4.79 Å². The summed E-state index contributed by atoms with van der Waals surface area (Å²) >= 11 is 0. The van der Waals surface area contributed by atoms with Crippen LogP contribution in [0.15, 0.2) is 60.7 Å². The first-order chi connectivity index (χ1) is 13.1. The lowest BCUT2D eigenvalue weighted by molar-refractivity contribution is -0.122. The van der Waals surface area contributed by atoms with Gasteiger partial charge in [-0.15, -0.1) is 0 Å². The maximum absolute atomic E-state index is 12.6. The number of hydrogen-bond acceptors (Lipinski definition) is 3. The highest BCUT2D eigenvalue weighted by molar-refractivity contribution is 5.83. The van der Waals surface area contributed by atoms with Crippen LogP contribution in [0.5, 0.6) is 0 Å². The van der Waals surface area contributed by atoms with Crippen LogP contribution in [0.2, 0.25) is 0 Å². The molecule has 0 radical (unpaired) electrons. The second kappa shape index (κ2) is 8.64. The van der Waals surface area contributed by atoms with Crippen molar-refractivity contribution in [1.82, 2.24) is 15.1 Å². The number of aryl methyl sites for hydroxylation is 2. The fraction of sp³-hybridized carbons (Fsp3) is 0.273. The van der Waals surface area contributed by atoms with Crippen LogP contribution in [-0.4, -0.2) is 22.2 Å². The van der Waals surface area contributed by atoms with Gasteiger partial charge in [-0.3, -0.25) is 9.48 Å². The van der Waals surface area contributed by atoms with Crippen molar-refractivity contribution in [1.29, 1.82) is 0 Å². The van der Waals surface area contributed by atoms with Gasteiger partial charge >= 0.3 is 0 Å². The molecule has 1 aromatic heterocycles. The summed E-state index contributed by atoms with van der Waals surface area (Å²) in [5.74, 6) is -0.378. The Morgan fingerprint density at radius 1 is 1.07 bits per heavy atom. The maximum atomic E-state index is 12.6. The lowest BCUT2D eigenvalue weighted by Gasteiger charge is -2.15. The summed E-state index contributed by atoms with van der Waals surface area (Å²) < 4.78 is 1.99. The van der Waals surface area contributed by atoms with E-state index >= 15 is 0 Å². The van der Waals surface area contributed by atoms with Crippen molar-refractivity contribution in [3.63, 3.8) is 0 Å². The number of carbonyl (C=O) groups is 1. The molecule has 2 aromatic carbocycles. The van der Waals surface area contributed by atoms with Gasteiger partial charge in [0, 0.05) is 18.8 Å². The third-order valence-electron chi connectivity index (χ3n) is 4.65. The molecular formula is C22H26N4O. The van der Waals surface area contributed by atoms with Crippen LogP contribution in [0.3, 0.4) is 0 Å². The van der Waals surface area contributed by atoms with E-state index in [1.165, 1.54) is 0 Å². The van der Waals surface area contributed by atoms with Gasteiger partial charge in [0.25, 0.3) is 0 Å². The zero-order valence-electron chi connectivity index (χ0n) is 15.9. The monoisotopic (exact) mass is 362 g/mol. The van der Waals surface area contributed by atoms with Gasteiger partial charge in [0.1, 0.15) is 0 Å². The Morgan fingerprint density at radius 3 is 2.48 bits per heavy atom.